The highest BCUT2D eigenvalue weighted by molar-refractivity contribution is 6.06. The molecule has 5 rings (SSSR count). The van der Waals surface area contributed by atoms with Gasteiger partial charge in [0, 0.05) is 29.3 Å². The quantitative estimate of drug-likeness (QED) is 0.442. The molecule has 3 heterocycles. The first-order valence-electron chi connectivity index (χ1n) is 11.1. The largest absolute Gasteiger partial charge is 0.494 e. The number of anilines is 2. The molecule has 1 aliphatic rings. The summed E-state index contributed by atoms with van der Waals surface area (Å²) in [7, 11) is 0. The Balaban J connectivity index is 1.55. The van der Waals surface area contributed by atoms with Crippen molar-refractivity contribution in [2.75, 3.05) is 17.2 Å². The fourth-order valence-corrected chi connectivity index (χ4v) is 4.00. The predicted molar refractivity (Wildman–Crippen MR) is 130 cm³/mol. The van der Waals surface area contributed by atoms with Gasteiger partial charge in [0.25, 0.3) is 5.91 Å². The van der Waals surface area contributed by atoms with Gasteiger partial charge in [0.15, 0.2) is 5.82 Å². The second-order valence-electron chi connectivity index (χ2n) is 7.83. The molecule has 0 saturated carbocycles. The molecule has 2 N–H and O–H groups in total. The van der Waals surface area contributed by atoms with E-state index in [0.717, 1.165) is 22.6 Å². The Morgan fingerprint density at radius 3 is 2.59 bits per heavy atom. The number of fused-ring (bicyclic) bond motifs is 1. The minimum atomic E-state index is -0.488. The third-order valence-electron chi connectivity index (χ3n) is 5.55. The van der Waals surface area contributed by atoms with Crippen molar-refractivity contribution in [1.29, 1.82) is 0 Å². The second kappa shape index (κ2) is 9.19. The summed E-state index contributed by atoms with van der Waals surface area (Å²) in [4.78, 5) is 22.4. The van der Waals surface area contributed by atoms with Crippen molar-refractivity contribution in [3.63, 3.8) is 0 Å². The number of nitrogens with zero attached hydrogens (tertiary/aromatic N) is 4. The van der Waals surface area contributed by atoms with Crippen LogP contribution in [-0.2, 0) is 4.79 Å². The number of pyridine rings is 1. The lowest BCUT2D eigenvalue weighted by Gasteiger charge is -2.28. The van der Waals surface area contributed by atoms with Crippen LogP contribution in [0.3, 0.4) is 0 Å². The first-order valence-corrected chi connectivity index (χ1v) is 11.1. The molecule has 2 aromatic carbocycles. The Morgan fingerprint density at radius 1 is 1.09 bits per heavy atom. The number of carbonyl (C=O) groups excluding carboxylic acids is 1. The molecule has 170 valence electrons. The molecule has 0 fully saturated rings. The lowest BCUT2D eigenvalue weighted by Crippen LogP contribution is -2.31. The van der Waals surface area contributed by atoms with E-state index in [1.807, 2.05) is 80.6 Å². The van der Waals surface area contributed by atoms with Gasteiger partial charge in [-0.3, -0.25) is 9.78 Å². The minimum absolute atomic E-state index is 0.214. The number of carbonyl (C=O) groups is 1. The van der Waals surface area contributed by atoms with Gasteiger partial charge in [-0.2, -0.15) is 4.98 Å². The molecule has 1 amide bonds. The number of nitrogens with one attached hydrogen (secondary N) is 2. The summed E-state index contributed by atoms with van der Waals surface area (Å²) < 4.78 is 7.29. The molecule has 0 saturated heterocycles. The van der Waals surface area contributed by atoms with Gasteiger partial charge in [-0.1, -0.05) is 24.3 Å². The van der Waals surface area contributed by atoms with E-state index in [-0.39, 0.29) is 5.91 Å². The van der Waals surface area contributed by atoms with Crippen molar-refractivity contribution in [2.24, 2.45) is 0 Å². The van der Waals surface area contributed by atoms with E-state index in [9.17, 15) is 4.79 Å². The van der Waals surface area contributed by atoms with E-state index in [1.165, 1.54) is 0 Å². The number of benzene rings is 2. The van der Waals surface area contributed by atoms with Crippen LogP contribution in [0.2, 0.25) is 0 Å². The molecular formula is C26H24N6O2. The maximum Gasteiger partial charge on any atom is 0.255 e. The van der Waals surface area contributed by atoms with Gasteiger partial charge in [-0.25, -0.2) is 4.68 Å². The fourth-order valence-electron chi connectivity index (χ4n) is 4.00. The van der Waals surface area contributed by atoms with Crippen molar-refractivity contribution in [1.82, 2.24) is 19.7 Å². The van der Waals surface area contributed by atoms with E-state index in [1.54, 1.807) is 17.1 Å². The average molecular weight is 453 g/mol. The molecule has 34 heavy (non-hydrogen) atoms. The van der Waals surface area contributed by atoms with Crippen LogP contribution in [0, 0.1) is 0 Å². The number of ether oxygens (including phenoxy) is 1. The maximum absolute atomic E-state index is 13.4. The SMILES string of the molecule is CCOc1ccc(-c2nc3n(n2)C(c2cccnc2)C(C(=O)Nc2ccccc2)=C(C)N3)cc1. The summed E-state index contributed by atoms with van der Waals surface area (Å²) in [5.41, 5.74) is 3.67. The fraction of sp³-hybridized carbons (Fsp3) is 0.154. The highest BCUT2D eigenvalue weighted by Gasteiger charge is 2.34. The van der Waals surface area contributed by atoms with Crippen LogP contribution < -0.4 is 15.4 Å². The summed E-state index contributed by atoms with van der Waals surface area (Å²) in [6.07, 6.45) is 3.46. The number of amides is 1. The molecule has 4 aromatic rings. The Kier molecular flexibility index (Phi) is 5.78. The number of allylic oxidation sites excluding steroid dienone is 1. The van der Waals surface area contributed by atoms with E-state index in [4.69, 9.17) is 14.8 Å². The number of hydrogen-bond donors (Lipinski definition) is 2. The number of para-hydroxylation sites is 1. The molecule has 8 nitrogen and oxygen atoms in total. The van der Waals surface area contributed by atoms with Crippen LogP contribution in [-0.4, -0.2) is 32.3 Å². The van der Waals surface area contributed by atoms with Gasteiger partial charge in [-0.15, -0.1) is 5.10 Å². The highest BCUT2D eigenvalue weighted by atomic mass is 16.5. The third kappa shape index (κ3) is 4.13. The Labute approximate surface area is 197 Å². The number of aromatic nitrogens is 4. The van der Waals surface area contributed by atoms with Crippen molar-refractivity contribution in [3.8, 4) is 17.1 Å². The zero-order chi connectivity index (χ0) is 23.5. The molecule has 1 aliphatic heterocycles. The molecule has 2 aromatic heterocycles. The lowest BCUT2D eigenvalue weighted by atomic mass is 9.96. The van der Waals surface area contributed by atoms with Crippen LogP contribution in [0.1, 0.15) is 25.5 Å². The minimum Gasteiger partial charge on any atom is -0.494 e. The average Bonchev–Trinajstić information content (AvgIpc) is 3.28. The number of hydrogen-bond acceptors (Lipinski definition) is 6. The zero-order valence-corrected chi connectivity index (χ0v) is 18.9. The molecule has 1 unspecified atom stereocenters. The van der Waals surface area contributed by atoms with Crippen molar-refractivity contribution in [2.45, 2.75) is 19.9 Å². The normalized spacial score (nSPS) is 14.8. The summed E-state index contributed by atoms with van der Waals surface area (Å²) in [5, 5.41) is 11.0. The molecule has 0 radical (unpaired) electrons. The van der Waals surface area contributed by atoms with Crippen LogP contribution in [0.25, 0.3) is 11.4 Å². The van der Waals surface area contributed by atoms with Gasteiger partial charge in [0.2, 0.25) is 5.95 Å². The zero-order valence-electron chi connectivity index (χ0n) is 18.9. The Hall–Kier alpha value is -4.46. The van der Waals surface area contributed by atoms with Crippen molar-refractivity contribution < 1.29 is 9.53 Å². The lowest BCUT2D eigenvalue weighted by molar-refractivity contribution is -0.113. The molecule has 1 atom stereocenters. The standard InChI is InChI=1S/C26H24N6O2/c1-3-34-21-13-11-18(12-14-21)24-30-26-28-17(2)22(25(33)29-20-9-5-4-6-10-20)23(32(26)31-24)19-8-7-15-27-16-19/h4-16,23H,3H2,1-2H3,(H,29,33)(H,28,30,31). The van der Waals surface area contributed by atoms with Gasteiger partial charge in [0.05, 0.1) is 12.2 Å². The smallest absolute Gasteiger partial charge is 0.255 e. The third-order valence-corrected chi connectivity index (χ3v) is 5.55. The molecule has 8 heteroatoms. The molecule has 0 spiro atoms. The molecular weight excluding hydrogens is 428 g/mol. The van der Waals surface area contributed by atoms with Gasteiger partial charge >= 0.3 is 0 Å². The second-order valence-corrected chi connectivity index (χ2v) is 7.83. The monoisotopic (exact) mass is 452 g/mol. The number of rotatable bonds is 6. The summed E-state index contributed by atoms with van der Waals surface area (Å²) >= 11 is 0. The first kappa shape index (κ1) is 21.4. The molecule has 0 aliphatic carbocycles. The molecule has 0 bridgehead atoms. The van der Waals surface area contributed by atoms with Gasteiger partial charge < -0.3 is 15.4 Å². The maximum atomic E-state index is 13.4. The van der Waals surface area contributed by atoms with Crippen LogP contribution in [0.4, 0.5) is 11.6 Å². The summed E-state index contributed by atoms with van der Waals surface area (Å²) in [5.74, 6) is 1.69. The summed E-state index contributed by atoms with van der Waals surface area (Å²) in [6.45, 7) is 4.42. The van der Waals surface area contributed by atoms with Crippen molar-refractivity contribution in [3.05, 3.63) is 96.0 Å². The van der Waals surface area contributed by atoms with Crippen LogP contribution in [0.15, 0.2) is 90.4 Å². The Morgan fingerprint density at radius 2 is 1.88 bits per heavy atom. The van der Waals surface area contributed by atoms with Crippen LogP contribution >= 0.6 is 0 Å². The van der Waals surface area contributed by atoms with E-state index in [0.29, 0.717) is 29.6 Å². The van der Waals surface area contributed by atoms with Gasteiger partial charge in [0.1, 0.15) is 11.8 Å². The van der Waals surface area contributed by atoms with E-state index < -0.39 is 6.04 Å². The van der Waals surface area contributed by atoms with Crippen LogP contribution in [0.5, 0.6) is 5.75 Å². The van der Waals surface area contributed by atoms with E-state index >= 15 is 0 Å². The first-order chi connectivity index (χ1) is 16.6. The topological polar surface area (TPSA) is 94.0 Å². The highest BCUT2D eigenvalue weighted by Crippen LogP contribution is 2.36. The predicted octanol–water partition coefficient (Wildman–Crippen LogP) is 4.67. The van der Waals surface area contributed by atoms with Gasteiger partial charge in [-0.05, 0) is 61.9 Å². The van der Waals surface area contributed by atoms with E-state index in [2.05, 4.69) is 15.6 Å². The van der Waals surface area contributed by atoms with Crippen molar-refractivity contribution >= 4 is 17.5 Å². The Bertz CT molecular complexity index is 1330. The summed E-state index contributed by atoms with van der Waals surface area (Å²) in [6, 6.07) is 20.3.